The van der Waals surface area contributed by atoms with E-state index in [1.54, 1.807) is 18.6 Å². The third kappa shape index (κ3) is 3.22. The lowest BCUT2D eigenvalue weighted by molar-refractivity contribution is 0.152. The number of aromatic amines is 1. The molecule has 0 amide bonds. The van der Waals surface area contributed by atoms with Gasteiger partial charge in [-0.15, -0.1) is 5.10 Å². The summed E-state index contributed by atoms with van der Waals surface area (Å²) in [5, 5.41) is 12.8. The average molecular weight is 452 g/mol. The lowest BCUT2D eigenvalue weighted by Gasteiger charge is -2.32. The maximum atomic E-state index is 13.5. The molecule has 1 aliphatic heterocycles. The second kappa shape index (κ2) is 7.43. The number of aromatic nitrogens is 7. The van der Waals surface area contributed by atoms with E-state index in [0.717, 1.165) is 11.9 Å². The summed E-state index contributed by atoms with van der Waals surface area (Å²) in [7, 11) is 0. The van der Waals surface area contributed by atoms with E-state index in [9.17, 15) is 13.2 Å². The monoisotopic (exact) mass is 452 g/mol. The van der Waals surface area contributed by atoms with Crippen LogP contribution in [0.2, 0.25) is 0 Å². The van der Waals surface area contributed by atoms with Crippen LogP contribution in [0.3, 0.4) is 0 Å². The SMILES string of the molecule is Fc1ccc(-c2nnc(N3CCc4[nH]cnc4[C@@H]3c3cc4c(C(F)F)cccn4n3)o2)nc1. The van der Waals surface area contributed by atoms with E-state index in [1.165, 1.54) is 28.8 Å². The summed E-state index contributed by atoms with van der Waals surface area (Å²) in [5.74, 6) is -0.345. The van der Waals surface area contributed by atoms with Crippen molar-refractivity contribution in [2.45, 2.75) is 18.9 Å². The molecule has 0 unspecified atom stereocenters. The smallest absolute Gasteiger partial charge is 0.319 e. The Morgan fingerprint density at radius 3 is 2.88 bits per heavy atom. The summed E-state index contributed by atoms with van der Waals surface area (Å²) in [6.45, 7) is 0.494. The van der Waals surface area contributed by atoms with Crippen molar-refractivity contribution in [3.8, 4) is 11.6 Å². The van der Waals surface area contributed by atoms with Crippen LogP contribution in [-0.2, 0) is 6.42 Å². The molecule has 0 fully saturated rings. The van der Waals surface area contributed by atoms with Crippen molar-refractivity contribution in [2.75, 3.05) is 11.4 Å². The zero-order chi connectivity index (χ0) is 22.5. The fourth-order valence-corrected chi connectivity index (χ4v) is 4.09. The minimum Gasteiger partial charge on any atom is -0.402 e. The number of hydrogen-bond donors (Lipinski definition) is 1. The standard InChI is InChI=1S/C21H15F3N8O/c22-11-3-4-14(25-9-11)20-28-29-21(33-20)31-7-5-13-17(27-10-26-13)18(31)15-8-16-12(19(23)24)2-1-6-32(16)30-15/h1-4,6,8-10,18-19H,5,7H2,(H,26,27)/t18-/m0/s1. The van der Waals surface area contributed by atoms with Gasteiger partial charge in [-0.3, -0.25) is 0 Å². The predicted octanol–water partition coefficient (Wildman–Crippen LogP) is 3.73. The number of nitrogens with zero attached hydrogens (tertiary/aromatic N) is 7. The highest BCUT2D eigenvalue weighted by molar-refractivity contribution is 5.58. The van der Waals surface area contributed by atoms with E-state index >= 15 is 0 Å². The van der Waals surface area contributed by atoms with Gasteiger partial charge in [0, 0.05) is 30.4 Å². The summed E-state index contributed by atoms with van der Waals surface area (Å²) in [6.07, 6.45) is 2.27. The lowest BCUT2D eigenvalue weighted by atomic mass is 10.00. The highest BCUT2D eigenvalue weighted by Gasteiger charge is 2.36. The molecule has 1 atom stereocenters. The highest BCUT2D eigenvalue weighted by atomic mass is 19.3. The van der Waals surface area contributed by atoms with Gasteiger partial charge < -0.3 is 14.3 Å². The Kier molecular flexibility index (Phi) is 4.38. The van der Waals surface area contributed by atoms with Gasteiger partial charge in [0.05, 0.1) is 29.4 Å². The van der Waals surface area contributed by atoms with Crippen LogP contribution in [0.5, 0.6) is 0 Å². The number of nitrogens with one attached hydrogen (secondary N) is 1. The summed E-state index contributed by atoms with van der Waals surface area (Å²) in [4.78, 5) is 13.4. The van der Waals surface area contributed by atoms with Crippen LogP contribution in [-0.4, -0.2) is 41.3 Å². The first-order valence-electron chi connectivity index (χ1n) is 10.1. The average Bonchev–Trinajstić information content (AvgIpc) is 3.57. The van der Waals surface area contributed by atoms with Gasteiger partial charge in [0.25, 0.3) is 12.3 Å². The van der Waals surface area contributed by atoms with Crippen LogP contribution in [0.4, 0.5) is 19.2 Å². The van der Waals surface area contributed by atoms with Gasteiger partial charge in [0.2, 0.25) is 0 Å². The first-order valence-corrected chi connectivity index (χ1v) is 10.1. The maximum Gasteiger partial charge on any atom is 0.319 e. The molecule has 5 aromatic heterocycles. The minimum atomic E-state index is -2.64. The van der Waals surface area contributed by atoms with E-state index in [2.05, 4.69) is 30.2 Å². The lowest BCUT2D eigenvalue weighted by Crippen LogP contribution is -2.36. The second-order valence-electron chi connectivity index (χ2n) is 7.53. The zero-order valence-corrected chi connectivity index (χ0v) is 16.9. The number of rotatable bonds is 4. The predicted molar refractivity (Wildman–Crippen MR) is 109 cm³/mol. The van der Waals surface area contributed by atoms with Gasteiger partial charge in [-0.1, -0.05) is 5.10 Å². The maximum absolute atomic E-state index is 13.5. The Morgan fingerprint density at radius 1 is 1.15 bits per heavy atom. The molecular formula is C21H15F3N8O. The molecule has 12 heteroatoms. The van der Waals surface area contributed by atoms with Crippen LogP contribution in [0, 0.1) is 5.82 Å². The molecule has 166 valence electrons. The van der Waals surface area contributed by atoms with Crippen LogP contribution in [0.15, 0.2) is 53.5 Å². The first kappa shape index (κ1) is 19.5. The molecule has 0 aliphatic carbocycles. The number of pyridine rings is 2. The van der Waals surface area contributed by atoms with Crippen molar-refractivity contribution in [1.82, 2.24) is 34.8 Å². The van der Waals surface area contributed by atoms with E-state index in [1.807, 2.05) is 4.90 Å². The normalized spacial score (nSPS) is 16.0. The van der Waals surface area contributed by atoms with E-state index in [-0.39, 0.29) is 17.5 Å². The molecule has 1 aliphatic rings. The van der Waals surface area contributed by atoms with Gasteiger partial charge in [-0.25, -0.2) is 27.7 Å². The fourth-order valence-electron chi connectivity index (χ4n) is 4.09. The molecule has 9 nitrogen and oxygen atoms in total. The number of alkyl halides is 2. The van der Waals surface area contributed by atoms with E-state index in [4.69, 9.17) is 4.42 Å². The third-order valence-corrected chi connectivity index (χ3v) is 5.60. The van der Waals surface area contributed by atoms with Crippen molar-refractivity contribution in [3.63, 3.8) is 0 Å². The number of halogens is 3. The topological polar surface area (TPSA) is 101 Å². The van der Waals surface area contributed by atoms with E-state index in [0.29, 0.717) is 35.6 Å². The Balaban J connectivity index is 1.45. The van der Waals surface area contributed by atoms with Gasteiger partial charge in [-0.05, 0) is 30.3 Å². The quantitative estimate of drug-likeness (QED) is 0.443. The number of anilines is 1. The Morgan fingerprint density at radius 2 is 2.06 bits per heavy atom. The molecule has 0 bridgehead atoms. The molecule has 0 radical (unpaired) electrons. The molecule has 0 saturated carbocycles. The first-order chi connectivity index (χ1) is 16.1. The summed E-state index contributed by atoms with van der Waals surface area (Å²) in [6, 6.07) is 6.89. The molecule has 33 heavy (non-hydrogen) atoms. The number of imidazole rings is 1. The third-order valence-electron chi connectivity index (χ3n) is 5.60. The van der Waals surface area contributed by atoms with Crippen LogP contribution >= 0.6 is 0 Å². The Bertz CT molecular complexity index is 1440. The van der Waals surface area contributed by atoms with Crippen molar-refractivity contribution in [1.29, 1.82) is 0 Å². The Hall–Kier alpha value is -4.22. The zero-order valence-electron chi connectivity index (χ0n) is 16.9. The molecule has 1 N–H and O–H groups in total. The van der Waals surface area contributed by atoms with Crippen molar-refractivity contribution < 1.29 is 17.6 Å². The molecule has 0 aromatic carbocycles. The second-order valence-corrected chi connectivity index (χ2v) is 7.53. The number of hydrogen-bond acceptors (Lipinski definition) is 7. The van der Waals surface area contributed by atoms with Gasteiger partial charge in [-0.2, -0.15) is 5.10 Å². The van der Waals surface area contributed by atoms with E-state index < -0.39 is 18.3 Å². The minimum absolute atomic E-state index is 0.108. The molecule has 6 rings (SSSR count). The molecule has 0 spiro atoms. The van der Waals surface area contributed by atoms with Crippen LogP contribution in [0.1, 0.15) is 35.1 Å². The molecular weight excluding hydrogens is 437 g/mol. The van der Waals surface area contributed by atoms with Gasteiger partial charge in [0.15, 0.2) is 0 Å². The molecule has 0 saturated heterocycles. The largest absolute Gasteiger partial charge is 0.402 e. The molecule has 6 heterocycles. The van der Waals surface area contributed by atoms with Gasteiger partial charge >= 0.3 is 6.01 Å². The number of fused-ring (bicyclic) bond motifs is 2. The Labute approximate surface area is 183 Å². The fraction of sp³-hybridized carbons (Fsp3) is 0.190. The number of H-pyrrole nitrogens is 1. The van der Waals surface area contributed by atoms with Crippen LogP contribution < -0.4 is 4.90 Å². The van der Waals surface area contributed by atoms with Crippen molar-refractivity contribution in [2.24, 2.45) is 0 Å². The molecule has 5 aromatic rings. The summed E-state index contributed by atoms with van der Waals surface area (Å²) >= 11 is 0. The summed E-state index contributed by atoms with van der Waals surface area (Å²) in [5.41, 5.74) is 2.66. The van der Waals surface area contributed by atoms with Gasteiger partial charge in [0.1, 0.15) is 17.6 Å². The summed E-state index contributed by atoms with van der Waals surface area (Å²) < 4.78 is 47.6. The van der Waals surface area contributed by atoms with Crippen molar-refractivity contribution in [3.05, 3.63) is 77.5 Å². The highest BCUT2D eigenvalue weighted by Crippen LogP contribution is 2.37. The van der Waals surface area contributed by atoms with Crippen molar-refractivity contribution >= 4 is 11.5 Å². The van der Waals surface area contributed by atoms with Crippen LogP contribution in [0.25, 0.3) is 17.1 Å².